The molecule has 0 aliphatic carbocycles. The highest BCUT2D eigenvalue weighted by atomic mass is 32.1. The lowest BCUT2D eigenvalue weighted by atomic mass is 10.1. The van der Waals surface area contributed by atoms with Gasteiger partial charge in [-0.2, -0.15) is 0 Å². The second-order valence-electron chi connectivity index (χ2n) is 5.79. The van der Waals surface area contributed by atoms with Crippen molar-refractivity contribution in [1.82, 2.24) is 0 Å². The third kappa shape index (κ3) is 5.05. The molecule has 0 amide bonds. The Labute approximate surface area is 119 Å². The van der Waals surface area contributed by atoms with Crippen molar-refractivity contribution < 1.29 is 10.1 Å². The first kappa shape index (κ1) is 14.1. The van der Waals surface area contributed by atoms with Crippen LogP contribution < -0.4 is 10.1 Å². The molecule has 1 aromatic carbocycles. The molecule has 3 heteroatoms. The van der Waals surface area contributed by atoms with Crippen LogP contribution in [0.15, 0.2) is 41.8 Å². The summed E-state index contributed by atoms with van der Waals surface area (Å²) in [5, 5.41) is 4.42. The number of benzene rings is 1. The summed E-state index contributed by atoms with van der Waals surface area (Å²) < 4.78 is 5.75. The largest absolute Gasteiger partial charge is 0.488 e. The molecule has 19 heavy (non-hydrogen) atoms. The predicted molar refractivity (Wildman–Crippen MR) is 80.5 cm³/mol. The summed E-state index contributed by atoms with van der Waals surface area (Å²) in [5.74, 6) is 0.938. The van der Waals surface area contributed by atoms with Crippen LogP contribution in [-0.2, 0) is 13.2 Å². The quantitative estimate of drug-likeness (QED) is 0.891. The average molecular weight is 276 g/mol. The van der Waals surface area contributed by atoms with Gasteiger partial charge in [-0.05, 0) is 56.5 Å². The number of thiophene rings is 1. The van der Waals surface area contributed by atoms with Crippen LogP contribution in [0.1, 0.15) is 31.2 Å². The lowest BCUT2D eigenvalue weighted by Crippen LogP contribution is -2.92. The fraction of sp³-hybridized carbons (Fsp3) is 0.375. The molecule has 0 radical (unpaired) electrons. The van der Waals surface area contributed by atoms with Crippen LogP contribution >= 0.6 is 11.3 Å². The highest BCUT2D eigenvalue weighted by Gasteiger charge is 2.12. The van der Waals surface area contributed by atoms with Crippen molar-refractivity contribution in [3.05, 3.63) is 52.2 Å². The molecule has 102 valence electrons. The summed E-state index contributed by atoms with van der Waals surface area (Å²) in [6.45, 7) is 8.35. The van der Waals surface area contributed by atoms with Crippen molar-refractivity contribution in [2.24, 2.45) is 0 Å². The number of nitrogens with two attached hydrogens (primary N) is 1. The molecule has 0 saturated carbocycles. The van der Waals surface area contributed by atoms with E-state index in [9.17, 15) is 0 Å². The van der Waals surface area contributed by atoms with Gasteiger partial charge in [0.1, 0.15) is 18.9 Å². The Balaban J connectivity index is 1.84. The maximum atomic E-state index is 5.75. The van der Waals surface area contributed by atoms with Crippen molar-refractivity contribution in [3.63, 3.8) is 0 Å². The molecule has 0 spiro atoms. The maximum Gasteiger partial charge on any atom is 0.122 e. The van der Waals surface area contributed by atoms with Crippen LogP contribution in [0.25, 0.3) is 0 Å². The Bertz CT molecular complexity index is 482. The Morgan fingerprint density at radius 2 is 1.84 bits per heavy atom. The molecular weight excluding hydrogens is 254 g/mol. The molecule has 0 aliphatic rings. The van der Waals surface area contributed by atoms with Crippen LogP contribution in [0.3, 0.4) is 0 Å². The average Bonchev–Trinajstić information content (AvgIpc) is 2.87. The lowest BCUT2D eigenvalue weighted by molar-refractivity contribution is -0.731. The summed E-state index contributed by atoms with van der Waals surface area (Å²) in [6.07, 6.45) is 0. The van der Waals surface area contributed by atoms with Gasteiger partial charge in [-0.15, -0.1) is 11.3 Å². The van der Waals surface area contributed by atoms with Crippen LogP contribution in [0, 0.1) is 0 Å². The second-order valence-corrected chi connectivity index (χ2v) is 6.82. The summed E-state index contributed by atoms with van der Waals surface area (Å²) in [4.78, 5) is 1.25. The van der Waals surface area contributed by atoms with Crippen molar-refractivity contribution in [2.75, 3.05) is 0 Å². The molecule has 2 aromatic rings. The molecule has 2 rings (SSSR count). The van der Waals surface area contributed by atoms with Gasteiger partial charge in [0.25, 0.3) is 0 Å². The third-order valence-corrected chi connectivity index (χ3v) is 3.68. The molecular formula is C16H22NOS+. The van der Waals surface area contributed by atoms with E-state index in [4.69, 9.17) is 4.74 Å². The number of ether oxygens (including phenoxy) is 1. The molecule has 0 atom stereocenters. The van der Waals surface area contributed by atoms with E-state index in [0.29, 0.717) is 6.61 Å². The fourth-order valence-electron chi connectivity index (χ4n) is 1.69. The Kier molecular flexibility index (Phi) is 4.61. The first-order chi connectivity index (χ1) is 9.03. The summed E-state index contributed by atoms with van der Waals surface area (Å²) in [6, 6.07) is 12.5. The van der Waals surface area contributed by atoms with Crippen LogP contribution in [0.5, 0.6) is 5.75 Å². The van der Waals surface area contributed by atoms with Gasteiger partial charge in [-0.25, -0.2) is 0 Å². The third-order valence-electron chi connectivity index (χ3n) is 2.83. The first-order valence-electron chi connectivity index (χ1n) is 6.61. The zero-order valence-corrected chi connectivity index (χ0v) is 12.7. The van der Waals surface area contributed by atoms with Gasteiger partial charge < -0.3 is 10.1 Å². The minimum atomic E-state index is 0.272. The summed E-state index contributed by atoms with van der Waals surface area (Å²) >= 11 is 1.73. The Hall–Kier alpha value is -1.32. The van der Waals surface area contributed by atoms with Crippen LogP contribution in [0.4, 0.5) is 0 Å². The zero-order chi connectivity index (χ0) is 13.7. The topological polar surface area (TPSA) is 25.8 Å². The van der Waals surface area contributed by atoms with E-state index in [1.54, 1.807) is 11.3 Å². The molecule has 1 aromatic heterocycles. The van der Waals surface area contributed by atoms with E-state index >= 15 is 0 Å². The molecule has 0 aliphatic heterocycles. The van der Waals surface area contributed by atoms with Crippen molar-refractivity contribution in [2.45, 2.75) is 39.5 Å². The maximum absolute atomic E-state index is 5.75. The molecule has 1 heterocycles. The standard InChI is InChI=1S/C16H21NOS/c1-16(2,3)17-11-13-6-8-14(9-7-13)18-12-15-5-4-10-19-15/h4-10,17H,11-12H2,1-3H3/p+1. The van der Waals surface area contributed by atoms with Gasteiger partial charge in [0.15, 0.2) is 0 Å². The van der Waals surface area contributed by atoms with Crippen LogP contribution in [-0.4, -0.2) is 5.54 Å². The molecule has 0 bridgehead atoms. The predicted octanol–water partition coefficient (Wildman–Crippen LogP) is 3.19. The smallest absolute Gasteiger partial charge is 0.122 e. The van der Waals surface area contributed by atoms with E-state index in [1.807, 2.05) is 0 Å². The second kappa shape index (κ2) is 6.22. The molecule has 2 N–H and O–H groups in total. The highest BCUT2D eigenvalue weighted by Crippen LogP contribution is 2.16. The van der Waals surface area contributed by atoms with Crippen molar-refractivity contribution in [3.8, 4) is 5.75 Å². The summed E-state index contributed by atoms with van der Waals surface area (Å²) in [7, 11) is 0. The van der Waals surface area contributed by atoms with Gasteiger partial charge in [0.05, 0.1) is 5.54 Å². The van der Waals surface area contributed by atoms with Gasteiger partial charge in [-0.3, -0.25) is 0 Å². The molecule has 0 saturated heterocycles. The van der Waals surface area contributed by atoms with E-state index in [-0.39, 0.29) is 5.54 Å². The summed E-state index contributed by atoms with van der Waals surface area (Å²) in [5.41, 5.74) is 1.60. The Morgan fingerprint density at radius 3 is 2.42 bits per heavy atom. The van der Waals surface area contributed by atoms with E-state index in [2.05, 4.69) is 67.9 Å². The van der Waals surface area contributed by atoms with Crippen molar-refractivity contribution >= 4 is 11.3 Å². The van der Waals surface area contributed by atoms with Crippen LogP contribution in [0.2, 0.25) is 0 Å². The van der Waals surface area contributed by atoms with Gasteiger partial charge >= 0.3 is 0 Å². The minimum absolute atomic E-state index is 0.272. The Morgan fingerprint density at radius 1 is 1.11 bits per heavy atom. The zero-order valence-electron chi connectivity index (χ0n) is 11.8. The number of hydrogen-bond donors (Lipinski definition) is 1. The molecule has 0 unspecified atom stereocenters. The van der Waals surface area contributed by atoms with Gasteiger partial charge in [0.2, 0.25) is 0 Å². The fourth-order valence-corrected chi connectivity index (χ4v) is 2.31. The lowest BCUT2D eigenvalue weighted by Gasteiger charge is -2.16. The number of quaternary nitrogens is 1. The van der Waals surface area contributed by atoms with Gasteiger partial charge in [0, 0.05) is 10.4 Å². The normalized spacial score (nSPS) is 11.5. The first-order valence-corrected chi connectivity index (χ1v) is 7.49. The van der Waals surface area contributed by atoms with Gasteiger partial charge in [-0.1, -0.05) is 6.07 Å². The highest BCUT2D eigenvalue weighted by molar-refractivity contribution is 7.09. The SMILES string of the molecule is CC(C)(C)[NH2+]Cc1ccc(OCc2cccs2)cc1. The number of rotatable bonds is 5. The molecule has 2 nitrogen and oxygen atoms in total. The van der Waals surface area contributed by atoms with E-state index in [0.717, 1.165) is 12.3 Å². The monoisotopic (exact) mass is 276 g/mol. The van der Waals surface area contributed by atoms with E-state index < -0.39 is 0 Å². The number of hydrogen-bond acceptors (Lipinski definition) is 2. The van der Waals surface area contributed by atoms with Crippen molar-refractivity contribution in [1.29, 1.82) is 0 Å². The molecule has 0 fully saturated rings. The van der Waals surface area contributed by atoms with E-state index in [1.165, 1.54) is 10.4 Å². The minimum Gasteiger partial charge on any atom is -0.488 e.